The topological polar surface area (TPSA) is 49.4 Å². The zero-order valence-electron chi connectivity index (χ0n) is 9.28. The van der Waals surface area contributed by atoms with Crippen LogP contribution in [0, 0.1) is 0 Å². The zero-order valence-corrected chi connectivity index (χ0v) is 10.1. The molecule has 0 aromatic rings. The first-order chi connectivity index (χ1) is 7.07. The highest BCUT2D eigenvalue weighted by Gasteiger charge is 2.31. The third kappa shape index (κ3) is 2.92. The van der Waals surface area contributed by atoms with Crippen LogP contribution in [0.4, 0.5) is 0 Å². The lowest BCUT2D eigenvalue weighted by Crippen LogP contribution is -2.41. The molecule has 0 radical (unpaired) electrons. The SMILES string of the molecule is CN(C[C@@H]1CCCN1)C1CCS(=O)(=O)C1. The summed E-state index contributed by atoms with van der Waals surface area (Å²) >= 11 is 0. The monoisotopic (exact) mass is 232 g/mol. The average molecular weight is 232 g/mol. The number of rotatable bonds is 3. The fourth-order valence-corrected chi connectivity index (χ4v) is 4.34. The standard InChI is InChI=1S/C10H20N2O2S/c1-12(7-9-3-2-5-11-9)10-4-6-15(13,14)8-10/h9-11H,2-8H2,1H3/t9-,10?/m0/s1. The van der Waals surface area contributed by atoms with Gasteiger partial charge < -0.3 is 10.2 Å². The molecule has 2 aliphatic heterocycles. The van der Waals surface area contributed by atoms with Crippen LogP contribution in [0.3, 0.4) is 0 Å². The van der Waals surface area contributed by atoms with Crippen LogP contribution in [0.25, 0.3) is 0 Å². The summed E-state index contributed by atoms with van der Waals surface area (Å²) in [5.41, 5.74) is 0. The van der Waals surface area contributed by atoms with E-state index in [1.165, 1.54) is 12.8 Å². The van der Waals surface area contributed by atoms with Gasteiger partial charge in [0.05, 0.1) is 11.5 Å². The van der Waals surface area contributed by atoms with Crippen molar-refractivity contribution in [3.05, 3.63) is 0 Å². The summed E-state index contributed by atoms with van der Waals surface area (Å²) in [4.78, 5) is 2.22. The van der Waals surface area contributed by atoms with E-state index in [0.717, 1.165) is 19.5 Å². The summed E-state index contributed by atoms with van der Waals surface area (Å²) in [6.45, 7) is 2.10. The van der Waals surface area contributed by atoms with Crippen molar-refractivity contribution in [3.8, 4) is 0 Å². The molecule has 1 N–H and O–H groups in total. The molecule has 0 amide bonds. The third-order valence-corrected chi connectivity index (χ3v) is 5.25. The molecule has 1 unspecified atom stereocenters. The smallest absolute Gasteiger partial charge is 0.151 e. The molecule has 2 saturated heterocycles. The molecular formula is C10H20N2O2S. The quantitative estimate of drug-likeness (QED) is 0.736. The molecule has 4 nitrogen and oxygen atoms in total. The predicted molar refractivity (Wildman–Crippen MR) is 60.7 cm³/mol. The van der Waals surface area contributed by atoms with Crippen LogP contribution in [-0.4, -0.2) is 57.0 Å². The summed E-state index contributed by atoms with van der Waals surface area (Å²) in [7, 11) is -0.689. The van der Waals surface area contributed by atoms with Gasteiger partial charge in [-0.1, -0.05) is 0 Å². The van der Waals surface area contributed by atoms with Gasteiger partial charge in [-0.05, 0) is 32.9 Å². The van der Waals surface area contributed by atoms with Gasteiger partial charge in [0.25, 0.3) is 0 Å². The van der Waals surface area contributed by atoms with E-state index in [4.69, 9.17) is 0 Å². The fourth-order valence-electron chi connectivity index (χ4n) is 2.53. The molecule has 0 spiro atoms. The second-order valence-corrected chi connectivity index (χ2v) is 7.02. The van der Waals surface area contributed by atoms with E-state index < -0.39 is 9.84 Å². The van der Waals surface area contributed by atoms with Gasteiger partial charge >= 0.3 is 0 Å². The van der Waals surface area contributed by atoms with Gasteiger partial charge in [-0.3, -0.25) is 0 Å². The molecule has 88 valence electrons. The summed E-state index contributed by atoms with van der Waals surface area (Å²) in [6.07, 6.45) is 3.29. The van der Waals surface area contributed by atoms with Crippen molar-refractivity contribution < 1.29 is 8.42 Å². The van der Waals surface area contributed by atoms with Gasteiger partial charge in [-0.15, -0.1) is 0 Å². The Bertz CT molecular complexity index is 309. The Hall–Kier alpha value is -0.130. The lowest BCUT2D eigenvalue weighted by atomic mass is 10.2. The van der Waals surface area contributed by atoms with E-state index in [0.29, 0.717) is 17.5 Å². The first kappa shape index (κ1) is 11.4. The third-order valence-electron chi connectivity index (χ3n) is 3.50. The minimum absolute atomic E-state index is 0.248. The molecule has 2 rings (SSSR count). The molecule has 0 aliphatic carbocycles. The van der Waals surface area contributed by atoms with Crippen LogP contribution in [0.2, 0.25) is 0 Å². The van der Waals surface area contributed by atoms with Crippen molar-refractivity contribution in [1.29, 1.82) is 0 Å². The molecule has 2 fully saturated rings. The Labute approximate surface area is 91.9 Å². The molecule has 0 aromatic carbocycles. The molecule has 0 aromatic heterocycles. The highest BCUT2D eigenvalue weighted by Crippen LogP contribution is 2.17. The first-order valence-corrected chi connectivity index (χ1v) is 7.53. The number of hydrogen-bond donors (Lipinski definition) is 1. The van der Waals surface area contributed by atoms with E-state index >= 15 is 0 Å². The van der Waals surface area contributed by atoms with Gasteiger partial charge in [0.1, 0.15) is 0 Å². The Kier molecular flexibility index (Phi) is 3.33. The average Bonchev–Trinajstić information content (AvgIpc) is 2.74. The number of nitrogens with zero attached hydrogens (tertiary/aromatic N) is 1. The number of hydrogen-bond acceptors (Lipinski definition) is 4. The number of sulfone groups is 1. The van der Waals surface area contributed by atoms with Crippen LogP contribution in [0.15, 0.2) is 0 Å². The summed E-state index contributed by atoms with van der Waals surface area (Å²) in [6, 6.07) is 0.815. The molecular weight excluding hydrogens is 212 g/mol. The molecule has 0 bridgehead atoms. The molecule has 0 saturated carbocycles. The van der Waals surface area contributed by atoms with Crippen LogP contribution < -0.4 is 5.32 Å². The van der Waals surface area contributed by atoms with Crippen molar-refractivity contribution in [2.24, 2.45) is 0 Å². The first-order valence-electron chi connectivity index (χ1n) is 5.71. The van der Waals surface area contributed by atoms with Gasteiger partial charge in [-0.25, -0.2) is 8.42 Å². The number of nitrogens with one attached hydrogen (secondary N) is 1. The predicted octanol–water partition coefficient (Wildman–Crippen LogP) is -0.143. The van der Waals surface area contributed by atoms with E-state index in [-0.39, 0.29) is 6.04 Å². The Balaban J connectivity index is 1.83. The van der Waals surface area contributed by atoms with Gasteiger partial charge in [-0.2, -0.15) is 0 Å². The van der Waals surface area contributed by atoms with Crippen LogP contribution in [0.1, 0.15) is 19.3 Å². The second kappa shape index (κ2) is 4.39. The molecule has 15 heavy (non-hydrogen) atoms. The highest BCUT2D eigenvalue weighted by atomic mass is 32.2. The molecule has 5 heteroatoms. The maximum absolute atomic E-state index is 11.3. The van der Waals surface area contributed by atoms with Crippen molar-refractivity contribution in [2.45, 2.75) is 31.3 Å². The fraction of sp³-hybridized carbons (Fsp3) is 1.00. The van der Waals surface area contributed by atoms with E-state index in [2.05, 4.69) is 10.2 Å². The van der Waals surface area contributed by atoms with Gasteiger partial charge in [0, 0.05) is 18.6 Å². The molecule has 2 aliphatic rings. The lowest BCUT2D eigenvalue weighted by molar-refractivity contribution is 0.239. The van der Waals surface area contributed by atoms with E-state index in [1.54, 1.807) is 0 Å². The van der Waals surface area contributed by atoms with E-state index in [1.807, 2.05) is 7.05 Å². The minimum atomic E-state index is -2.74. The van der Waals surface area contributed by atoms with Crippen molar-refractivity contribution >= 4 is 9.84 Å². The maximum atomic E-state index is 11.3. The summed E-state index contributed by atoms with van der Waals surface area (Å²) in [5, 5.41) is 3.44. The maximum Gasteiger partial charge on any atom is 0.151 e. The van der Waals surface area contributed by atoms with Crippen molar-refractivity contribution in [2.75, 3.05) is 31.6 Å². The Morgan fingerprint density at radius 2 is 2.20 bits per heavy atom. The zero-order chi connectivity index (χ0) is 10.9. The Morgan fingerprint density at radius 3 is 2.73 bits per heavy atom. The molecule has 2 atom stereocenters. The highest BCUT2D eigenvalue weighted by molar-refractivity contribution is 7.91. The van der Waals surface area contributed by atoms with Crippen LogP contribution in [0.5, 0.6) is 0 Å². The normalized spacial score (nSPS) is 35.1. The van der Waals surface area contributed by atoms with Gasteiger partial charge in [0.2, 0.25) is 0 Å². The van der Waals surface area contributed by atoms with Crippen molar-refractivity contribution in [1.82, 2.24) is 10.2 Å². The summed E-state index contributed by atoms with van der Waals surface area (Å²) < 4.78 is 22.7. The van der Waals surface area contributed by atoms with Crippen molar-refractivity contribution in [3.63, 3.8) is 0 Å². The Morgan fingerprint density at radius 1 is 1.40 bits per heavy atom. The molecule has 2 heterocycles. The van der Waals surface area contributed by atoms with Crippen LogP contribution in [-0.2, 0) is 9.84 Å². The lowest BCUT2D eigenvalue weighted by Gasteiger charge is -2.26. The number of likely N-dealkylation sites (N-methyl/N-ethyl adjacent to an activating group) is 1. The summed E-state index contributed by atoms with van der Waals surface area (Å²) in [5.74, 6) is 0.732. The largest absolute Gasteiger partial charge is 0.313 e. The van der Waals surface area contributed by atoms with E-state index in [9.17, 15) is 8.42 Å². The van der Waals surface area contributed by atoms with Crippen LogP contribution >= 0.6 is 0 Å². The minimum Gasteiger partial charge on any atom is -0.313 e. The second-order valence-electron chi connectivity index (χ2n) is 4.79. The van der Waals surface area contributed by atoms with Gasteiger partial charge in [0.15, 0.2) is 9.84 Å².